The fourth-order valence-electron chi connectivity index (χ4n) is 1.81. The zero-order valence-electron chi connectivity index (χ0n) is 13.7. The standard InChI is InChI=1S/C14H22O.C3H5ClO/c1-13(2,3)11-8-7-10(15)9-12(11)14(4,5)6;1-2-3(4)5/h7-9,15H,1-6H3;2H2,1H3. The van der Waals surface area contributed by atoms with E-state index in [2.05, 4.69) is 41.5 Å². The van der Waals surface area contributed by atoms with E-state index in [1.54, 1.807) is 13.0 Å². The summed E-state index contributed by atoms with van der Waals surface area (Å²) in [5.41, 5.74) is 2.74. The Morgan fingerprint density at radius 3 is 1.75 bits per heavy atom. The molecule has 20 heavy (non-hydrogen) atoms. The maximum atomic E-state index is 9.58. The second kappa shape index (κ2) is 7.12. The summed E-state index contributed by atoms with van der Waals surface area (Å²) in [4.78, 5) is 9.58. The van der Waals surface area contributed by atoms with Crippen molar-refractivity contribution in [2.75, 3.05) is 0 Å². The van der Waals surface area contributed by atoms with Crippen molar-refractivity contribution in [3.8, 4) is 5.75 Å². The number of carbonyl (C=O) groups excluding carboxylic acids is 1. The second-order valence-corrected chi connectivity index (χ2v) is 7.36. The number of aromatic hydroxyl groups is 1. The van der Waals surface area contributed by atoms with Crippen molar-refractivity contribution in [2.24, 2.45) is 0 Å². The molecule has 1 N–H and O–H groups in total. The molecule has 0 aliphatic carbocycles. The summed E-state index contributed by atoms with van der Waals surface area (Å²) in [6.45, 7) is 14.9. The number of phenols is 1. The molecule has 0 spiro atoms. The van der Waals surface area contributed by atoms with Crippen LogP contribution in [0.15, 0.2) is 18.2 Å². The normalized spacial score (nSPS) is 11.6. The van der Waals surface area contributed by atoms with Crippen molar-refractivity contribution in [1.82, 2.24) is 0 Å². The summed E-state index contributed by atoms with van der Waals surface area (Å²) >= 11 is 4.82. The number of hydrogen-bond acceptors (Lipinski definition) is 2. The van der Waals surface area contributed by atoms with Gasteiger partial charge >= 0.3 is 0 Å². The van der Waals surface area contributed by atoms with Gasteiger partial charge < -0.3 is 5.11 Å². The van der Waals surface area contributed by atoms with E-state index in [1.165, 1.54) is 11.1 Å². The monoisotopic (exact) mass is 298 g/mol. The lowest BCUT2D eigenvalue weighted by atomic mass is 9.75. The highest BCUT2D eigenvalue weighted by Gasteiger charge is 2.24. The first kappa shape index (κ1) is 19.0. The zero-order chi connectivity index (χ0) is 16.1. The molecule has 0 saturated carbocycles. The van der Waals surface area contributed by atoms with Crippen LogP contribution in [0.2, 0.25) is 0 Å². The fraction of sp³-hybridized carbons (Fsp3) is 0.588. The average molecular weight is 299 g/mol. The van der Waals surface area contributed by atoms with Gasteiger partial charge in [-0.05, 0) is 45.7 Å². The van der Waals surface area contributed by atoms with E-state index in [0.29, 0.717) is 12.2 Å². The molecule has 0 aliphatic heterocycles. The third-order valence-corrected chi connectivity index (χ3v) is 3.16. The molecule has 0 aliphatic rings. The van der Waals surface area contributed by atoms with Gasteiger partial charge in [0.15, 0.2) is 0 Å². The van der Waals surface area contributed by atoms with E-state index >= 15 is 0 Å². The lowest BCUT2D eigenvalue weighted by Crippen LogP contribution is -2.21. The van der Waals surface area contributed by atoms with Crippen molar-refractivity contribution in [3.63, 3.8) is 0 Å². The Kier molecular flexibility index (Phi) is 6.76. The Bertz CT molecular complexity index is 451. The molecule has 1 aromatic carbocycles. The maximum Gasteiger partial charge on any atom is 0.221 e. The number of rotatable bonds is 1. The summed E-state index contributed by atoms with van der Waals surface area (Å²) < 4.78 is 0. The third-order valence-electron chi connectivity index (χ3n) is 2.90. The first-order valence-electron chi connectivity index (χ1n) is 6.92. The van der Waals surface area contributed by atoms with Crippen LogP contribution >= 0.6 is 11.6 Å². The lowest BCUT2D eigenvalue weighted by molar-refractivity contribution is -0.111. The molecule has 0 amide bonds. The number of benzene rings is 1. The van der Waals surface area contributed by atoms with Gasteiger partial charge in [-0.25, -0.2) is 0 Å². The number of hydrogen-bond donors (Lipinski definition) is 1. The van der Waals surface area contributed by atoms with Gasteiger partial charge in [-0.2, -0.15) is 0 Å². The molecule has 2 nitrogen and oxygen atoms in total. The molecule has 0 heterocycles. The van der Waals surface area contributed by atoms with Crippen LogP contribution < -0.4 is 0 Å². The summed E-state index contributed by atoms with van der Waals surface area (Å²) in [6, 6.07) is 5.70. The molecule has 0 saturated heterocycles. The van der Waals surface area contributed by atoms with Gasteiger partial charge in [0.05, 0.1) is 0 Å². The Morgan fingerprint density at radius 2 is 1.45 bits per heavy atom. The van der Waals surface area contributed by atoms with E-state index in [-0.39, 0.29) is 16.1 Å². The topological polar surface area (TPSA) is 37.3 Å². The van der Waals surface area contributed by atoms with Crippen LogP contribution in [0.3, 0.4) is 0 Å². The molecule has 0 atom stereocenters. The van der Waals surface area contributed by atoms with E-state index in [9.17, 15) is 9.90 Å². The highest BCUT2D eigenvalue weighted by atomic mass is 35.5. The molecule has 1 aromatic rings. The van der Waals surface area contributed by atoms with Crippen LogP contribution in [0.4, 0.5) is 0 Å². The predicted octanol–water partition coefficient (Wildman–Crippen LogP) is 5.15. The largest absolute Gasteiger partial charge is 0.508 e. The second-order valence-electron chi connectivity index (χ2n) is 6.94. The molecule has 0 unspecified atom stereocenters. The third kappa shape index (κ3) is 6.42. The van der Waals surface area contributed by atoms with Crippen LogP contribution in [-0.2, 0) is 15.6 Å². The van der Waals surface area contributed by atoms with E-state index in [4.69, 9.17) is 11.6 Å². The van der Waals surface area contributed by atoms with E-state index in [1.807, 2.05) is 12.1 Å². The Morgan fingerprint density at radius 1 is 1.05 bits per heavy atom. The van der Waals surface area contributed by atoms with Crippen molar-refractivity contribution in [1.29, 1.82) is 0 Å². The highest BCUT2D eigenvalue weighted by Crippen LogP contribution is 2.35. The molecule has 0 fully saturated rings. The van der Waals surface area contributed by atoms with Gasteiger partial charge in [-0.15, -0.1) is 0 Å². The van der Waals surface area contributed by atoms with Crippen LogP contribution in [0.5, 0.6) is 5.75 Å². The quantitative estimate of drug-likeness (QED) is 0.728. The smallest absolute Gasteiger partial charge is 0.221 e. The maximum absolute atomic E-state index is 9.58. The minimum atomic E-state index is -0.273. The summed E-state index contributed by atoms with van der Waals surface area (Å²) in [5.74, 6) is 0.355. The summed E-state index contributed by atoms with van der Waals surface area (Å²) in [6.07, 6.45) is 0.432. The summed E-state index contributed by atoms with van der Waals surface area (Å²) in [5, 5.41) is 9.29. The minimum absolute atomic E-state index is 0.0708. The lowest BCUT2D eigenvalue weighted by Gasteiger charge is -2.30. The molecule has 114 valence electrons. The molecular weight excluding hydrogens is 272 g/mol. The Hall–Kier alpha value is -1.02. The van der Waals surface area contributed by atoms with Gasteiger partial charge in [-0.3, -0.25) is 4.79 Å². The molecule has 3 heteroatoms. The van der Waals surface area contributed by atoms with Gasteiger partial charge in [0, 0.05) is 6.42 Å². The molecule has 0 aromatic heterocycles. The summed E-state index contributed by atoms with van der Waals surface area (Å²) in [7, 11) is 0. The van der Waals surface area contributed by atoms with Crippen LogP contribution in [0.1, 0.15) is 66.0 Å². The average Bonchev–Trinajstić information content (AvgIpc) is 2.26. The first-order chi connectivity index (χ1) is 8.89. The molecule has 0 bridgehead atoms. The SMILES string of the molecule is CC(C)(C)c1ccc(O)cc1C(C)(C)C.CCC(=O)Cl. The van der Waals surface area contributed by atoms with E-state index < -0.39 is 0 Å². The van der Waals surface area contributed by atoms with Gasteiger partial charge in [-0.1, -0.05) is 54.5 Å². The van der Waals surface area contributed by atoms with E-state index in [0.717, 1.165) is 0 Å². The number of phenolic OH excluding ortho intramolecular Hbond substituents is 1. The van der Waals surface area contributed by atoms with Gasteiger partial charge in [0.2, 0.25) is 5.24 Å². The molecule has 1 rings (SSSR count). The highest BCUT2D eigenvalue weighted by molar-refractivity contribution is 6.63. The van der Waals surface area contributed by atoms with Crippen LogP contribution in [0, 0.1) is 0 Å². The first-order valence-corrected chi connectivity index (χ1v) is 7.29. The van der Waals surface area contributed by atoms with Crippen LogP contribution in [-0.4, -0.2) is 10.3 Å². The molecular formula is C17H27ClO2. The number of halogens is 1. The molecule has 0 radical (unpaired) electrons. The number of carbonyl (C=O) groups is 1. The van der Waals surface area contributed by atoms with Crippen molar-refractivity contribution < 1.29 is 9.90 Å². The predicted molar refractivity (Wildman–Crippen MR) is 86.7 cm³/mol. The van der Waals surface area contributed by atoms with Gasteiger partial charge in [0.1, 0.15) is 5.75 Å². The zero-order valence-corrected chi connectivity index (χ0v) is 14.4. The Labute approximate surface area is 128 Å². The Balaban J connectivity index is 0.000000621. The minimum Gasteiger partial charge on any atom is -0.508 e. The van der Waals surface area contributed by atoms with Crippen molar-refractivity contribution in [3.05, 3.63) is 29.3 Å². The fourth-order valence-corrected chi connectivity index (χ4v) is 1.81. The van der Waals surface area contributed by atoms with Crippen LogP contribution in [0.25, 0.3) is 0 Å². The van der Waals surface area contributed by atoms with Crippen molar-refractivity contribution >= 4 is 16.8 Å². The van der Waals surface area contributed by atoms with Gasteiger partial charge in [0.25, 0.3) is 0 Å². The van der Waals surface area contributed by atoms with Crippen molar-refractivity contribution in [2.45, 2.75) is 65.7 Å².